The number of carbonyl (C=O) groups is 1. The van der Waals surface area contributed by atoms with Gasteiger partial charge in [-0.05, 0) is 43.2 Å². The third-order valence-corrected chi connectivity index (χ3v) is 4.16. The molecule has 1 aliphatic rings. The number of hydrogen-bond acceptors (Lipinski definition) is 4. The second-order valence-electron chi connectivity index (χ2n) is 5.72. The number of fused-ring (bicyclic) bond motifs is 1. The Labute approximate surface area is 129 Å². The molecule has 0 bridgehead atoms. The Morgan fingerprint density at radius 3 is 2.73 bits per heavy atom. The Morgan fingerprint density at radius 1 is 1.27 bits per heavy atom. The SMILES string of the molecule is COc1nc(C(=O)NC2CCC(O)CC2)cc2ccccc12. The van der Waals surface area contributed by atoms with Crippen LogP contribution in [0.3, 0.4) is 0 Å². The van der Waals surface area contributed by atoms with E-state index in [-0.39, 0.29) is 18.1 Å². The van der Waals surface area contributed by atoms with Gasteiger partial charge in [-0.1, -0.05) is 18.2 Å². The molecule has 0 saturated heterocycles. The fraction of sp³-hybridized carbons (Fsp3) is 0.412. The van der Waals surface area contributed by atoms with Crippen LogP contribution in [0.1, 0.15) is 36.2 Å². The summed E-state index contributed by atoms with van der Waals surface area (Å²) in [5.74, 6) is 0.271. The van der Waals surface area contributed by atoms with Crippen LogP contribution in [0.25, 0.3) is 10.8 Å². The molecule has 0 unspecified atom stereocenters. The lowest BCUT2D eigenvalue weighted by Gasteiger charge is -2.26. The Hall–Kier alpha value is -2.14. The number of nitrogens with zero attached hydrogens (tertiary/aromatic N) is 1. The van der Waals surface area contributed by atoms with Crippen molar-refractivity contribution in [2.45, 2.75) is 37.8 Å². The molecule has 1 aromatic carbocycles. The fourth-order valence-corrected chi connectivity index (χ4v) is 2.92. The maximum atomic E-state index is 12.4. The summed E-state index contributed by atoms with van der Waals surface area (Å²) < 4.78 is 5.30. The van der Waals surface area contributed by atoms with Crippen molar-refractivity contribution in [1.82, 2.24) is 10.3 Å². The van der Waals surface area contributed by atoms with Crippen molar-refractivity contribution in [3.63, 3.8) is 0 Å². The van der Waals surface area contributed by atoms with Gasteiger partial charge in [0.1, 0.15) is 5.69 Å². The first-order chi connectivity index (χ1) is 10.7. The minimum absolute atomic E-state index is 0.107. The third-order valence-electron chi connectivity index (χ3n) is 4.16. The molecule has 2 aromatic rings. The standard InChI is InChI=1S/C17H20N2O3/c1-22-17-14-5-3-2-4-11(14)10-15(19-17)16(21)18-12-6-8-13(20)9-7-12/h2-5,10,12-13,20H,6-9H2,1H3,(H,18,21). The number of nitrogens with one attached hydrogen (secondary N) is 1. The lowest BCUT2D eigenvalue weighted by Crippen LogP contribution is -2.38. The van der Waals surface area contributed by atoms with Crippen LogP contribution in [0.5, 0.6) is 5.88 Å². The predicted octanol–water partition coefficient (Wildman–Crippen LogP) is 2.28. The molecule has 5 nitrogen and oxygen atoms in total. The highest BCUT2D eigenvalue weighted by Crippen LogP contribution is 2.24. The van der Waals surface area contributed by atoms with Crippen molar-refractivity contribution in [2.75, 3.05) is 7.11 Å². The van der Waals surface area contributed by atoms with Crippen LogP contribution in [0.15, 0.2) is 30.3 Å². The normalized spacial score (nSPS) is 21.5. The lowest BCUT2D eigenvalue weighted by molar-refractivity contribution is 0.0862. The number of carbonyl (C=O) groups excluding carboxylic acids is 1. The number of amides is 1. The van der Waals surface area contributed by atoms with E-state index in [9.17, 15) is 9.90 Å². The number of aromatic nitrogens is 1. The minimum Gasteiger partial charge on any atom is -0.481 e. The first-order valence-corrected chi connectivity index (χ1v) is 7.60. The third kappa shape index (κ3) is 3.04. The molecule has 5 heteroatoms. The number of rotatable bonds is 3. The molecule has 1 aromatic heterocycles. The maximum absolute atomic E-state index is 12.4. The van der Waals surface area contributed by atoms with E-state index in [1.54, 1.807) is 13.2 Å². The average molecular weight is 300 g/mol. The highest BCUT2D eigenvalue weighted by molar-refractivity contribution is 5.98. The summed E-state index contributed by atoms with van der Waals surface area (Å²) >= 11 is 0. The van der Waals surface area contributed by atoms with E-state index in [4.69, 9.17) is 4.74 Å². The summed E-state index contributed by atoms with van der Waals surface area (Å²) in [4.78, 5) is 16.7. The monoisotopic (exact) mass is 300 g/mol. The molecular formula is C17H20N2O3. The molecule has 0 aliphatic heterocycles. The van der Waals surface area contributed by atoms with Crippen molar-refractivity contribution in [2.24, 2.45) is 0 Å². The number of aliphatic hydroxyl groups excluding tert-OH is 1. The van der Waals surface area contributed by atoms with Crippen LogP contribution < -0.4 is 10.1 Å². The molecule has 0 radical (unpaired) electrons. The summed E-state index contributed by atoms with van der Waals surface area (Å²) in [6.45, 7) is 0. The Balaban J connectivity index is 1.81. The van der Waals surface area contributed by atoms with E-state index in [1.165, 1.54) is 0 Å². The molecule has 0 atom stereocenters. The van der Waals surface area contributed by atoms with Crippen molar-refractivity contribution in [3.05, 3.63) is 36.0 Å². The smallest absolute Gasteiger partial charge is 0.270 e. The highest BCUT2D eigenvalue weighted by Gasteiger charge is 2.22. The quantitative estimate of drug-likeness (QED) is 0.912. The molecule has 0 spiro atoms. The van der Waals surface area contributed by atoms with Crippen molar-refractivity contribution in [1.29, 1.82) is 0 Å². The van der Waals surface area contributed by atoms with Gasteiger partial charge in [-0.3, -0.25) is 4.79 Å². The zero-order valence-electron chi connectivity index (χ0n) is 12.6. The Kier molecular flexibility index (Phi) is 4.24. The number of ether oxygens (including phenoxy) is 1. The largest absolute Gasteiger partial charge is 0.481 e. The van der Waals surface area contributed by atoms with Gasteiger partial charge in [-0.15, -0.1) is 0 Å². The fourth-order valence-electron chi connectivity index (χ4n) is 2.92. The Morgan fingerprint density at radius 2 is 2.00 bits per heavy atom. The lowest BCUT2D eigenvalue weighted by atomic mass is 9.93. The van der Waals surface area contributed by atoms with Gasteiger partial charge in [0, 0.05) is 11.4 Å². The average Bonchev–Trinajstić information content (AvgIpc) is 2.55. The van der Waals surface area contributed by atoms with Crippen LogP contribution in [0.4, 0.5) is 0 Å². The second-order valence-corrected chi connectivity index (χ2v) is 5.72. The van der Waals surface area contributed by atoms with Gasteiger partial charge < -0.3 is 15.2 Å². The zero-order valence-corrected chi connectivity index (χ0v) is 12.6. The molecule has 2 N–H and O–H groups in total. The molecule has 3 rings (SSSR count). The molecule has 116 valence electrons. The van der Waals surface area contributed by atoms with Crippen LogP contribution in [-0.2, 0) is 0 Å². The predicted molar refractivity (Wildman–Crippen MR) is 84.0 cm³/mol. The topological polar surface area (TPSA) is 71.5 Å². The van der Waals surface area contributed by atoms with Gasteiger partial charge >= 0.3 is 0 Å². The van der Waals surface area contributed by atoms with E-state index in [0.29, 0.717) is 11.6 Å². The number of benzene rings is 1. The summed E-state index contributed by atoms with van der Waals surface area (Å²) in [6.07, 6.45) is 2.85. The number of pyridine rings is 1. The first-order valence-electron chi connectivity index (χ1n) is 7.60. The van der Waals surface area contributed by atoms with Crippen LogP contribution in [-0.4, -0.2) is 35.3 Å². The molecule has 1 saturated carbocycles. The van der Waals surface area contributed by atoms with Crippen LogP contribution >= 0.6 is 0 Å². The van der Waals surface area contributed by atoms with Gasteiger partial charge in [0.2, 0.25) is 5.88 Å². The summed E-state index contributed by atoms with van der Waals surface area (Å²) in [5, 5.41) is 14.3. The van der Waals surface area contributed by atoms with Gasteiger partial charge in [-0.25, -0.2) is 4.98 Å². The van der Waals surface area contributed by atoms with E-state index in [0.717, 1.165) is 36.5 Å². The zero-order chi connectivity index (χ0) is 15.5. The first kappa shape index (κ1) is 14.8. The Bertz CT molecular complexity index is 679. The maximum Gasteiger partial charge on any atom is 0.270 e. The molecular weight excluding hydrogens is 280 g/mol. The minimum atomic E-state index is -0.230. The highest BCUT2D eigenvalue weighted by atomic mass is 16.5. The molecule has 1 heterocycles. The number of hydrogen-bond donors (Lipinski definition) is 2. The molecule has 1 aliphatic carbocycles. The van der Waals surface area contributed by atoms with E-state index >= 15 is 0 Å². The van der Waals surface area contributed by atoms with Crippen LogP contribution in [0.2, 0.25) is 0 Å². The molecule has 1 amide bonds. The van der Waals surface area contributed by atoms with Crippen LogP contribution in [0, 0.1) is 0 Å². The van der Waals surface area contributed by atoms with Gasteiger partial charge in [-0.2, -0.15) is 0 Å². The van der Waals surface area contributed by atoms with Crippen molar-refractivity contribution >= 4 is 16.7 Å². The van der Waals surface area contributed by atoms with Crippen molar-refractivity contribution in [3.8, 4) is 5.88 Å². The summed E-state index contributed by atoms with van der Waals surface area (Å²) in [7, 11) is 1.55. The van der Waals surface area contributed by atoms with E-state index in [1.807, 2.05) is 24.3 Å². The number of aliphatic hydroxyl groups is 1. The summed E-state index contributed by atoms with van der Waals surface area (Å²) in [5.41, 5.74) is 0.363. The second kappa shape index (κ2) is 6.32. The van der Waals surface area contributed by atoms with E-state index in [2.05, 4.69) is 10.3 Å². The summed E-state index contributed by atoms with van der Waals surface area (Å²) in [6, 6.07) is 9.59. The van der Waals surface area contributed by atoms with Gasteiger partial charge in [0.05, 0.1) is 13.2 Å². The van der Waals surface area contributed by atoms with E-state index < -0.39 is 0 Å². The number of methoxy groups -OCH3 is 1. The molecule has 1 fully saturated rings. The van der Waals surface area contributed by atoms with Gasteiger partial charge in [0.15, 0.2) is 0 Å². The molecule has 22 heavy (non-hydrogen) atoms. The van der Waals surface area contributed by atoms with Crippen molar-refractivity contribution < 1.29 is 14.6 Å². The van der Waals surface area contributed by atoms with Gasteiger partial charge in [0.25, 0.3) is 5.91 Å².